The first-order chi connectivity index (χ1) is 14.3. The van der Waals surface area contributed by atoms with E-state index in [1.54, 1.807) is 12.1 Å². The molecule has 2 unspecified atom stereocenters. The summed E-state index contributed by atoms with van der Waals surface area (Å²) in [4.78, 5) is 15.6. The van der Waals surface area contributed by atoms with Gasteiger partial charge in [0.05, 0.1) is 23.7 Å². The first-order valence-corrected chi connectivity index (χ1v) is 11.2. The van der Waals surface area contributed by atoms with E-state index in [1.807, 2.05) is 5.38 Å². The minimum atomic E-state index is -4.48. The van der Waals surface area contributed by atoms with Crippen LogP contribution >= 0.6 is 27.3 Å². The standard InChI is InChI=1S/C18H21BrF3N5O2S/c19-14-15(17(28)23-3-4-26-5-7-29-8-6-26)25-27-13(18(20,21)22)10-11(24-16(14)27)12-2-1-9-30-12/h1-2,9,11,13,24H,3-8,10H2,(H,23,28). The lowest BCUT2D eigenvalue weighted by Crippen LogP contribution is -2.41. The number of halogens is 4. The van der Waals surface area contributed by atoms with Gasteiger partial charge in [0, 0.05) is 37.5 Å². The van der Waals surface area contributed by atoms with E-state index in [4.69, 9.17) is 4.74 Å². The van der Waals surface area contributed by atoms with Crippen molar-refractivity contribution in [2.75, 3.05) is 44.7 Å². The zero-order valence-corrected chi connectivity index (χ0v) is 18.3. The van der Waals surface area contributed by atoms with E-state index in [0.717, 1.165) is 22.6 Å². The van der Waals surface area contributed by atoms with Crippen molar-refractivity contribution in [3.8, 4) is 0 Å². The number of aromatic nitrogens is 2. The van der Waals surface area contributed by atoms with Crippen molar-refractivity contribution in [1.29, 1.82) is 0 Å². The maximum atomic E-state index is 13.8. The van der Waals surface area contributed by atoms with Crippen LogP contribution in [-0.2, 0) is 4.74 Å². The quantitative estimate of drug-likeness (QED) is 0.648. The number of carbonyl (C=O) groups excluding carboxylic acids is 1. The van der Waals surface area contributed by atoms with Crippen LogP contribution in [-0.4, -0.2) is 66.2 Å². The van der Waals surface area contributed by atoms with Crippen molar-refractivity contribution >= 4 is 39.0 Å². The monoisotopic (exact) mass is 507 g/mol. The van der Waals surface area contributed by atoms with Gasteiger partial charge in [-0.15, -0.1) is 11.3 Å². The molecule has 1 amide bonds. The number of alkyl halides is 3. The number of hydrogen-bond donors (Lipinski definition) is 2. The minimum absolute atomic E-state index is 0.0550. The van der Waals surface area contributed by atoms with Gasteiger partial charge in [-0.2, -0.15) is 18.3 Å². The number of morpholine rings is 1. The Labute approximate surface area is 183 Å². The first-order valence-electron chi connectivity index (χ1n) is 9.57. The molecule has 2 aliphatic rings. The summed E-state index contributed by atoms with van der Waals surface area (Å²) >= 11 is 4.69. The largest absolute Gasteiger partial charge is 0.410 e. The second-order valence-corrected chi connectivity index (χ2v) is 8.94. The van der Waals surface area contributed by atoms with E-state index in [1.165, 1.54) is 11.3 Å². The molecule has 1 saturated heterocycles. The number of thiophene rings is 1. The van der Waals surface area contributed by atoms with E-state index in [2.05, 4.69) is 36.6 Å². The van der Waals surface area contributed by atoms with Crippen LogP contribution < -0.4 is 10.6 Å². The molecule has 1 fully saturated rings. The zero-order valence-electron chi connectivity index (χ0n) is 15.9. The van der Waals surface area contributed by atoms with Crippen LogP contribution in [0.3, 0.4) is 0 Å². The van der Waals surface area contributed by atoms with Crippen molar-refractivity contribution in [2.24, 2.45) is 0 Å². The zero-order chi connectivity index (χ0) is 21.3. The molecule has 2 N–H and O–H groups in total. The number of anilines is 1. The van der Waals surface area contributed by atoms with Gasteiger partial charge in [0.25, 0.3) is 5.91 Å². The molecule has 2 aliphatic heterocycles. The second-order valence-electron chi connectivity index (χ2n) is 7.17. The van der Waals surface area contributed by atoms with Crippen LogP contribution in [0.15, 0.2) is 22.0 Å². The molecule has 30 heavy (non-hydrogen) atoms. The van der Waals surface area contributed by atoms with Gasteiger partial charge in [0.1, 0.15) is 5.82 Å². The van der Waals surface area contributed by atoms with Crippen molar-refractivity contribution in [3.05, 3.63) is 32.6 Å². The Hall–Kier alpha value is -1.63. The topological polar surface area (TPSA) is 71.4 Å². The molecule has 0 saturated carbocycles. The van der Waals surface area contributed by atoms with Crippen LogP contribution in [0, 0.1) is 0 Å². The molecule has 0 aliphatic carbocycles. The van der Waals surface area contributed by atoms with Crippen molar-refractivity contribution < 1.29 is 22.7 Å². The Morgan fingerprint density at radius 1 is 1.40 bits per heavy atom. The molecule has 4 heterocycles. The number of rotatable bonds is 5. The fourth-order valence-corrected chi connectivity index (χ4v) is 4.99. The number of nitrogens with one attached hydrogen (secondary N) is 2. The van der Waals surface area contributed by atoms with Gasteiger partial charge in [-0.3, -0.25) is 9.69 Å². The van der Waals surface area contributed by atoms with Gasteiger partial charge in [-0.1, -0.05) is 6.07 Å². The van der Waals surface area contributed by atoms with Crippen LogP contribution in [0.5, 0.6) is 0 Å². The third-order valence-corrected chi connectivity index (χ3v) is 6.95. The van der Waals surface area contributed by atoms with Gasteiger partial charge in [-0.25, -0.2) is 4.68 Å². The van der Waals surface area contributed by atoms with E-state index >= 15 is 0 Å². The number of ether oxygens (including phenoxy) is 1. The molecule has 164 valence electrons. The fraction of sp³-hybridized carbons (Fsp3) is 0.556. The summed E-state index contributed by atoms with van der Waals surface area (Å²) in [5.41, 5.74) is -0.0550. The highest BCUT2D eigenvalue weighted by Crippen LogP contribution is 2.46. The Balaban J connectivity index is 1.51. The van der Waals surface area contributed by atoms with E-state index < -0.39 is 24.2 Å². The molecule has 7 nitrogen and oxygen atoms in total. The summed E-state index contributed by atoms with van der Waals surface area (Å²) < 4.78 is 47.7. The van der Waals surface area contributed by atoms with Gasteiger partial charge < -0.3 is 15.4 Å². The summed E-state index contributed by atoms with van der Waals surface area (Å²) in [7, 11) is 0. The lowest BCUT2D eigenvalue weighted by atomic mass is 10.0. The molecule has 0 bridgehead atoms. The Morgan fingerprint density at radius 3 is 2.83 bits per heavy atom. The molecule has 0 spiro atoms. The lowest BCUT2D eigenvalue weighted by Gasteiger charge is -2.33. The average Bonchev–Trinajstić information content (AvgIpc) is 3.36. The number of carbonyl (C=O) groups is 1. The molecule has 0 aromatic carbocycles. The maximum Gasteiger partial charge on any atom is 0.410 e. The number of fused-ring (bicyclic) bond motifs is 1. The highest BCUT2D eigenvalue weighted by Gasteiger charge is 2.47. The third kappa shape index (κ3) is 4.51. The first kappa shape index (κ1) is 21.6. The number of amides is 1. The second kappa shape index (κ2) is 8.85. The molecular weight excluding hydrogens is 487 g/mol. The summed E-state index contributed by atoms with van der Waals surface area (Å²) in [6.45, 7) is 3.91. The van der Waals surface area contributed by atoms with Gasteiger partial charge in [0.2, 0.25) is 0 Å². The summed E-state index contributed by atoms with van der Waals surface area (Å²) in [5.74, 6) is -0.340. The molecule has 2 aromatic rings. The highest BCUT2D eigenvalue weighted by molar-refractivity contribution is 9.10. The molecule has 12 heteroatoms. The average molecular weight is 508 g/mol. The van der Waals surface area contributed by atoms with Crippen molar-refractivity contribution in [3.63, 3.8) is 0 Å². The highest BCUT2D eigenvalue weighted by atomic mass is 79.9. The van der Waals surface area contributed by atoms with Gasteiger partial charge in [-0.05, 0) is 27.4 Å². The van der Waals surface area contributed by atoms with Crippen LogP contribution in [0.2, 0.25) is 0 Å². The fourth-order valence-electron chi connectivity index (χ4n) is 3.65. The van der Waals surface area contributed by atoms with Crippen LogP contribution in [0.4, 0.5) is 19.0 Å². The normalized spacial score (nSPS) is 22.4. The molecular formula is C18H21BrF3N5O2S. The van der Waals surface area contributed by atoms with Crippen molar-refractivity contribution in [2.45, 2.75) is 24.7 Å². The van der Waals surface area contributed by atoms with E-state index in [0.29, 0.717) is 26.3 Å². The Kier molecular flexibility index (Phi) is 6.37. The lowest BCUT2D eigenvalue weighted by molar-refractivity contribution is -0.173. The SMILES string of the molecule is O=C(NCCN1CCOCC1)c1nn2c(c1Br)NC(c1cccs1)CC2C(F)(F)F. The Bertz CT molecular complexity index is 883. The Morgan fingerprint density at radius 2 is 2.17 bits per heavy atom. The summed E-state index contributed by atoms with van der Waals surface area (Å²) in [6.07, 6.45) is -4.68. The van der Waals surface area contributed by atoms with E-state index in [9.17, 15) is 18.0 Å². The maximum absolute atomic E-state index is 13.8. The predicted octanol–water partition coefficient (Wildman–Crippen LogP) is 3.43. The van der Waals surface area contributed by atoms with Gasteiger partial charge >= 0.3 is 6.18 Å². The minimum Gasteiger partial charge on any atom is -0.379 e. The van der Waals surface area contributed by atoms with Crippen LogP contribution in [0.25, 0.3) is 0 Å². The predicted molar refractivity (Wildman–Crippen MR) is 110 cm³/mol. The third-order valence-electron chi connectivity index (χ3n) is 5.21. The molecule has 2 atom stereocenters. The summed E-state index contributed by atoms with van der Waals surface area (Å²) in [5, 5.41) is 11.7. The smallest absolute Gasteiger partial charge is 0.379 e. The summed E-state index contributed by atoms with van der Waals surface area (Å²) in [6, 6.07) is 1.29. The van der Waals surface area contributed by atoms with Crippen molar-refractivity contribution in [1.82, 2.24) is 20.0 Å². The van der Waals surface area contributed by atoms with Crippen LogP contribution in [0.1, 0.15) is 33.9 Å². The number of hydrogen-bond acceptors (Lipinski definition) is 6. The molecule has 2 aromatic heterocycles. The molecule has 0 radical (unpaired) electrons. The molecule has 4 rings (SSSR count). The van der Waals surface area contributed by atoms with E-state index in [-0.39, 0.29) is 22.4 Å². The number of nitrogens with zero attached hydrogens (tertiary/aromatic N) is 3. The van der Waals surface area contributed by atoms with Gasteiger partial charge in [0.15, 0.2) is 11.7 Å².